The van der Waals surface area contributed by atoms with E-state index in [1.807, 2.05) is 24.3 Å². The van der Waals surface area contributed by atoms with Crippen molar-refractivity contribution >= 4 is 35.3 Å². The Hall–Kier alpha value is -2.44. The zero-order valence-corrected chi connectivity index (χ0v) is 18.0. The van der Waals surface area contributed by atoms with Crippen LogP contribution in [-0.4, -0.2) is 30.4 Å². The van der Waals surface area contributed by atoms with Crippen LogP contribution in [0.25, 0.3) is 0 Å². The molecular weight excluding hydrogens is 415 g/mol. The minimum Gasteiger partial charge on any atom is -0.504 e. The molecule has 2 rings (SSSR count). The highest BCUT2D eigenvalue weighted by molar-refractivity contribution is 6.43. The first-order chi connectivity index (χ1) is 13.9. The Morgan fingerprint density at radius 3 is 2.55 bits per heavy atom. The smallest absolute Gasteiger partial charge is 0.277 e. The second kappa shape index (κ2) is 10.9. The molecule has 0 heterocycles. The minimum absolute atomic E-state index is 0.100. The SMILES string of the molecule is CCOc1cc(Cl)c(Cl)c(C=NNC(=O)COc2ccc(C(C)CC)cc2)c1O. The van der Waals surface area contributed by atoms with Crippen LogP contribution in [0.5, 0.6) is 17.2 Å². The second-order valence-corrected chi connectivity index (χ2v) is 7.11. The summed E-state index contributed by atoms with van der Waals surface area (Å²) in [5.74, 6) is 0.568. The Kier molecular flexibility index (Phi) is 8.61. The topological polar surface area (TPSA) is 80.2 Å². The summed E-state index contributed by atoms with van der Waals surface area (Å²) >= 11 is 12.1. The fourth-order valence-corrected chi connectivity index (χ4v) is 2.87. The van der Waals surface area contributed by atoms with Crippen LogP contribution in [0.2, 0.25) is 10.0 Å². The number of halogens is 2. The molecule has 0 bridgehead atoms. The number of amides is 1. The van der Waals surface area contributed by atoms with Crippen LogP contribution in [0.1, 0.15) is 44.2 Å². The van der Waals surface area contributed by atoms with Gasteiger partial charge in [0.1, 0.15) is 5.75 Å². The molecule has 1 atom stereocenters. The van der Waals surface area contributed by atoms with Gasteiger partial charge in [-0.2, -0.15) is 5.10 Å². The molecule has 0 spiro atoms. The van der Waals surface area contributed by atoms with E-state index in [0.29, 0.717) is 18.3 Å². The molecule has 1 amide bonds. The monoisotopic (exact) mass is 438 g/mol. The molecule has 1 unspecified atom stereocenters. The van der Waals surface area contributed by atoms with E-state index in [0.717, 1.165) is 6.42 Å². The highest BCUT2D eigenvalue weighted by Gasteiger charge is 2.15. The van der Waals surface area contributed by atoms with E-state index >= 15 is 0 Å². The number of carbonyl (C=O) groups is 1. The Labute approximate surface area is 180 Å². The molecule has 0 aliphatic rings. The molecule has 2 aromatic rings. The Morgan fingerprint density at radius 1 is 1.24 bits per heavy atom. The van der Waals surface area contributed by atoms with Gasteiger partial charge in [0.2, 0.25) is 0 Å². The van der Waals surface area contributed by atoms with Crippen LogP contribution >= 0.6 is 23.2 Å². The molecular formula is C21H24Cl2N2O4. The molecule has 2 aromatic carbocycles. The molecule has 8 heteroatoms. The van der Waals surface area contributed by atoms with E-state index in [1.54, 1.807) is 6.92 Å². The van der Waals surface area contributed by atoms with Gasteiger partial charge in [-0.15, -0.1) is 0 Å². The Balaban J connectivity index is 1.95. The van der Waals surface area contributed by atoms with Crippen LogP contribution < -0.4 is 14.9 Å². The van der Waals surface area contributed by atoms with Gasteiger partial charge in [0, 0.05) is 6.07 Å². The molecule has 0 aromatic heterocycles. The largest absolute Gasteiger partial charge is 0.504 e. The summed E-state index contributed by atoms with van der Waals surface area (Å²) < 4.78 is 10.8. The van der Waals surface area contributed by atoms with Crippen molar-refractivity contribution < 1.29 is 19.4 Å². The van der Waals surface area contributed by atoms with Crippen molar-refractivity contribution in [3.8, 4) is 17.2 Å². The fourth-order valence-electron chi connectivity index (χ4n) is 2.47. The highest BCUT2D eigenvalue weighted by Crippen LogP contribution is 2.39. The number of ether oxygens (including phenoxy) is 2. The van der Waals surface area contributed by atoms with Crippen LogP contribution in [-0.2, 0) is 4.79 Å². The third-order valence-electron chi connectivity index (χ3n) is 4.31. The van der Waals surface area contributed by atoms with Crippen molar-refractivity contribution in [3.63, 3.8) is 0 Å². The first-order valence-corrected chi connectivity index (χ1v) is 10.0. The van der Waals surface area contributed by atoms with Gasteiger partial charge < -0.3 is 14.6 Å². The van der Waals surface area contributed by atoms with Crippen molar-refractivity contribution in [1.82, 2.24) is 5.43 Å². The normalized spacial score (nSPS) is 12.0. The number of hydrogen-bond donors (Lipinski definition) is 2. The zero-order valence-electron chi connectivity index (χ0n) is 16.5. The van der Waals surface area contributed by atoms with Crippen LogP contribution in [0.15, 0.2) is 35.4 Å². The fraction of sp³-hybridized carbons (Fsp3) is 0.333. The third-order valence-corrected chi connectivity index (χ3v) is 5.11. The summed E-state index contributed by atoms with van der Waals surface area (Å²) in [5, 5.41) is 14.3. The summed E-state index contributed by atoms with van der Waals surface area (Å²) in [6.45, 7) is 6.19. The first-order valence-electron chi connectivity index (χ1n) is 9.25. The van der Waals surface area contributed by atoms with E-state index in [4.69, 9.17) is 32.7 Å². The second-order valence-electron chi connectivity index (χ2n) is 6.33. The summed E-state index contributed by atoms with van der Waals surface area (Å²) in [6.07, 6.45) is 2.25. The number of rotatable bonds is 9. The Morgan fingerprint density at radius 2 is 1.93 bits per heavy atom. The van der Waals surface area contributed by atoms with Gasteiger partial charge in [0.25, 0.3) is 5.91 Å². The molecule has 0 saturated heterocycles. The molecule has 0 saturated carbocycles. The number of nitrogens with zero attached hydrogens (tertiary/aromatic N) is 1. The molecule has 156 valence electrons. The van der Waals surface area contributed by atoms with Gasteiger partial charge in [-0.1, -0.05) is 49.2 Å². The van der Waals surface area contributed by atoms with E-state index in [2.05, 4.69) is 24.4 Å². The van der Waals surface area contributed by atoms with E-state index in [-0.39, 0.29) is 33.7 Å². The van der Waals surface area contributed by atoms with Crippen molar-refractivity contribution in [3.05, 3.63) is 51.5 Å². The first kappa shape index (κ1) is 22.8. The lowest BCUT2D eigenvalue weighted by molar-refractivity contribution is -0.123. The lowest BCUT2D eigenvalue weighted by Crippen LogP contribution is -2.24. The van der Waals surface area contributed by atoms with Gasteiger partial charge in [0.05, 0.1) is 28.4 Å². The maximum atomic E-state index is 11.9. The van der Waals surface area contributed by atoms with Crippen molar-refractivity contribution in [2.75, 3.05) is 13.2 Å². The minimum atomic E-state index is -0.463. The average Bonchev–Trinajstić information content (AvgIpc) is 2.72. The molecule has 0 aliphatic carbocycles. The standard InChI is InChI=1S/C21H24Cl2N2O4/c1-4-13(3)14-6-8-15(9-7-14)29-12-19(26)25-24-11-16-20(23)17(22)10-18(21(16)27)28-5-2/h6-11,13,27H,4-5,12H2,1-3H3,(H,25,26). The number of aromatic hydroxyl groups is 1. The van der Waals surface area contributed by atoms with Crippen LogP contribution in [0.4, 0.5) is 0 Å². The predicted molar refractivity (Wildman–Crippen MR) is 116 cm³/mol. The third kappa shape index (κ3) is 6.27. The number of phenolic OH excluding ortho intramolecular Hbond substituents is 1. The molecule has 29 heavy (non-hydrogen) atoms. The van der Waals surface area contributed by atoms with Gasteiger partial charge in [-0.05, 0) is 37.0 Å². The average molecular weight is 439 g/mol. The van der Waals surface area contributed by atoms with Gasteiger partial charge in [0.15, 0.2) is 18.1 Å². The van der Waals surface area contributed by atoms with Gasteiger partial charge >= 0.3 is 0 Å². The van der Waals surface area contributed by atoms with E-state index in [9.17, 15) is 9.90 Å². The zero-order chi connectivity index (χ0) is 21.4. The molecule has 6 nitrogen and oxygen atoms in total. The maximum absolute atomic E-state index is 11.9. The summed E-state index contributed by atoms with van der Waals surface area (Å²) in [5.41, 5.74) is 3.68. The number of hydrogen-bond acceptors (Lipinski definition) is 5. The van der Waals surface area contributed by atoms with Crippen molar-refractivity contribution in [2.24, 2.45) is 5.10 Å². The number of phenols is 1. The van der Waals surface area contributed by atoms with Crippen LogP contribution in [0.3, 0.4) is 0 Å². The molecule has 0 fully saturated rings. The number of carbonyl (C=O) groups excluding carboxylic acids is 1. The Bertz CT molecular complexity index is 870. The number of hydrazone groups is 1. The lowest BCUT2D eigenvalue weighted by Gasteiger charge is -2.11. The predicted octanol–water partition coefficient (Wildman–Crippen LogP) is 5.14. The lowest BCUT2D eigenvalue weighted by atomic mass is 9.99. The quantitative estimate of drug-likeness (QED) is 0.419. The van der Waals surface area contributed by atoms with Crippen LogP contribution in [0, 0.1) is 0 Å². The van der Waals surface area contributed by atoms with E-state index in [1.165, 1.54) is 17.8 Å². The molecule has 0 radical (unpaired) electrons. The number of benzene rings is 2. The summed E-state index contributed by atoms with van der Waals surface area (Å²) in [7, 11) is 0. The molecule has 0 aliphatic heterocycles. The maximum Gasteiger partial charge on any atom is 0.277 e. The van der Waals surface area contributed by atoms with Gasteiger partial charge in [-0.3, -0.25) is 4.79 Å². The summed E-state index contributed by atoms with van der Waals surface area (Å²) in [6, 6.07) is 9.05. The molecule has 2 N–H and O–H groups in total. The van der Waals surface area contributed by atoms with E-state index < -0.39 is 5.91 Å². The number of nitrogens with one attached hydrogen (secondary N) is 1. The van der Waals surface area contributed by atoms with Gasteiger partial charge in [-0.25, -0.2) is 5.43 Å². The van der Waals surface area contributed by atoms with Crippen molar-refractivity contribution in [1.29, 1.82) is 0 Å². The highest BCUT2D eigenvalue weighted by atomic mass is 35.5. The summed E-state index contributed by atoms with van der Waals surface area (Å²) in [4.78, 5) is 11.9. The van der Waals surface area contributed by atoms with Crippen molar-refractivity contribution in [2.45, 2.75) is 33.1 Å².